The maximum atomic E-state index is 14.1. The molecular formula is C30H49N3O4S. The van der Waals surface area contributed by atoms with Gasteiger partial charge in [0.05, 0.1) is 0 Å². The van der Waals surface area contributed by atoms with Crippen molar-refractivity contribution < 1.29 is 19.1 Å². The average molecular weight is 548 g/mol. The Morgan fingerprint density at radius 3 is 2.39 bits per heavy atom. The van der Waals surface area contributed by atoms with Gasteiger partial charge in [-0.15, -0.1) is 0 Å². The number of carbonyl (C=O) groups excluding carboxylic acids is 3. The number of nitrogens with one attached hydrogen (secondary N) is 2. The van der Waals surface area contributed by atoms with E-state index in [0.717, 1.165) is 49.7 Å². The van der Waals surface area contributed by atoms with Crippen LogP contribution in [0, 0.1) is 0 Å². The maximum Gasteiger partial charge on any atom is 0.408 e. The summed E-state index contributed by atoms with van der Waals surface area (Å²) >= 11 is 1.60. The van der Waals surface area contributed by atoms with Gasteiger partial charge in [-0.1, -0.05) is 70.4 Å². The molecule has 2 unspecified atom stereocenters. The van der Waals surface area contributed by atoms with E-state index in [1.165, 1.54) is 0 Å². The van der Waals surface area contributed by atoms with Crippen molar-refractivity contribution in [2.45, 2.75) is 97.2 Å². The normalized spacial score (nSPS) is 12.8. The Hall–Kier alpha value is -2.48. The van der Waals surface area contributed by atoms with Crippen molar-refractivity contribution in [2.75, 3.05) is 25.1 Å². The highest BCUT2D eigenvalue weighted by atomic mass is 32.2. The molecule has 1 aromatic carbocycles. The zero-order valence-electron chi connectivity index (χ0n) is 24.3. The number of benzene rings is 1. The number of hydrogen-bond acceptors (Lipinski definition) is 5. The topological polar surface area (TPSA) is 87.7 Å². The lowest BCUT2D eigenvalue weighted by Crippen LogP contribution is -2.53. The first-order valence-electron chi connectivity index (χ1n) is 13.9. The molecule has 0 saturated heterocycles. The van der Waals surface area contributed by atoms with Crippen molar-refractivity contribution >= 4 is 35.7 Å². The molecule has 1 aromatic rings. The van der Waals surface area contributed by atoms with E-state index in [4.69, 9.17) is 4.74 Å². The van der Waals surface area contributed by atoms with Crippen molar-refractivity contribution in [1.82, 2.24) is 15.5 Å². The van der Waals surface area contributed by atoms with E-state index in [1.807, 2.05) is 30.5 Å². The van der Waals surface area contributed by atoms with Crippen LogP contribution >= 0.6 is 11.8 Å². The molecule has 0 heterocycles. The van der Waals surface area contributed by atoms with E-state index >= 15 is 0 Å². The molecule has 2 N–H and O–H groups in total. The summed E-state index contributed by atoms with van der Waals surface area (Å²) in [5.41, 5.74) is 0.906. The molecule has 0 saturated carbocycles. The fourth-order valence-electron chi connectivity index (χ4n) is 4.05. The van der Waals surface area contributed by atoms with Crippen LogP contribution in [0.15, 0.2) is 30.8 Å². The van der Waals surface area contributed by atoms with Crippen LogP contribution in [0.1, 0.15) is 96.7 Å². The fourth-order valence-corrected chi connectivity index (χ4v) is 4.53. The smallest absolute Gasteiger partial charge is 0.408 e. The van der Waals surface area contributed by atoms with Crippen LogP contribution in [0.5, 0.6) is 0 Å². The summed E-state index contributed by atoms with van der Waals surface area (Å²) in [4.78, 5) is 42.2. The molecule has 0 bridgehead atoms. The molecule has 7 nitrogen and oxygen atoms in total. The average Bonchev–Trinajstić information content (AvgIpc) is 2.87. The number of unbranched alkanes of at least 4 members (excludes halogenated alkanes) is 4. The summed E-state index contributed by atoms with van der Waals surface area (Å²) in [6.07, 6.45) is 9.09. The Morgan fingerprint density at radius 2 is 1.79 bits per heavy atom. The van der Waals surface area contributed by atoms with Gasteiger partial charge in [0.25, 0.3) is 0 Å². The molecule has 0 aliphatic heterocycles. The number of ether oxygens (including phenoxy) is 1. The van der Waals surface area contributed by atoms with E-state index in [0.29, 0.717) is 25.3 Å². The van der Waals surface area contributed by atoms with Gasteiger partial charge in [-0.3, -0.25) is 9.59 Å². The summed E-state index contributed by atoms with van der Waals surface area (Å²) < 4.78 is 5.46. The van der Waals surface area contributed by atoms with Gasteiger partial charge in [0, 0.05) is 13.1 Å². The fraction of sp³-hybridized carbons (Fsp3) is 0.633. The molecule has 3 amide bonds. The van der Waals surface area contributed by atoms with Crippen LogP contribution in [0.25, 0.3) is 6.08 Å². The largest absolute Gasteiger partial charge is 0.444 e. The third-order valence-electron chi connectivity index (χ3n) is 5.99. The van der Waals surface area contributed by atoms with E-state index in [-0.39, 0.29) is 11.8 Å². The van der Waals surface area contributed by atoms with Gasteiger partial charge in [0.1, 0.15) is 17.7 Å². The number of amides is 3. The lowest BCUT2D eigenvalue weighted by molar-refractivity contribution is -0.142. The molecule has 0 aliphatic rings. The minimum Gasteiger partial charge on any atom is -0.444 e. The Balaban J connectivity index is 3.45. The van der Waals surface area contributed by atoms with Crippen molar-refractivity contribution in [2.24, 2.45) is 0 Å². The first kappa shape index (κ1) is 33.5. The minimum absolute atomic E-state index is 0.215. The van der Waals surface area contributed by atoms with Crippen molar-refractivity contribution in [1.29, 1.82) is 0 Å². The zero-order valence-corrected chi connectivity index (χ0v) is 25.1. The highest BCUT2D eigenvalue weighted by Crippen LogP contribution is 2.25. The number of thioether (sulfide) groups is 1. The van der Waals surface area contributed by atoms with Crippen molar-refractivity contribution in [3.8, 4) is 0 Å². The SMILES string of the molecule is C=Cc1cccc(C(C(=O)NCCCCC)N(CCCCC)C(=O)C(CCSC)NC(=O)OC(C)(C)C)c1. The van der Waals surface area contributed by atoms with Crippen LogP contribution in [-0.2, 0) is 14.3 Å². The molecule has 0 aromatic heterocycles. The van der Waals surface area contributed by atoms with E-state index in [2.05, 4.69) is 31.1 Å². The van der Waals surface area contributed by atoms with Crippen molar-refractivity contribution in [3.05, 3.63) is 42.0 Å². The highest BCUT2D eigenvalue weighted by molar-refractivity contribution is 7.98. The second-order valence-electron chi connectivity index (χ2n) is 10.5. The van der Waals surface area contributed by atoms with Gasteiger partial charge in [0.2, 0.25) is 11.8 Å². The number of carbonyl (C=O) groups is 3. The molecule has 8 heteroatoms. The monoisotopic (exact) mass is 547 g/mol. The quantitative estimate of drug-likeness (QED) is 0.222. The third-order valence-corrected chi connectivity index (χ3v) is 6.63. The highest BCUT2D eigenvalue weighted by Gasteiger charge is 2.35. The van der Waals surface area contributed by atoms with Gasteiger partial charge >= 0.3 is 6.09 Å². The maximum absolute atomic E-state index is 14.1. The van der Waals surface area contributed by atoms with Gasteiger partial charge in [-0.05, 0) is 69.2 Å². The molecule has 214 valence electrons. The first-order chi connectivity index (χ1) is 18.1. The van der Waals surface area contributed by atoms with Crippen LogP contribution in [0.4, 0.5) is 4.79 Å². The van der Waals surface area contributed by atoms with Crippen LogP contribution < -0.4 is 10.6 Å². The lowest BCUT2D eigenvalue weighted by Gasteiger charge is -2.34. The summed E-state index contributed by atoms with van der Waals surface area (Å²) in [7, 11) is 0. The Bertz CT molecular complexity index is 884. The van der Waals surface area contributed by atoms with Crippen LogP contribution in [0.2, 0.25) is 0 Å². The summed E-state index contributed by atoms with van der Waals surface area (Å²) in [6.45, 7) is 14.4. The van der Waals surface area contributed by atoms with E-state index in [1.54, 1.807) is 43.5 Å². The van der Waals surface area contributed by atoms with E-state index in [9.17, 15) is 14.4 Å². The second kappa shape index (κ2) is 17.9. The van der Waals surface area contributed by atoms with Gasteiger partial charge in [0.15, 0.2) is 0 Å². The molecule has 0 radical (unpaired) electrons. The minimum atomic E-state index is -0.821. The molecule has 0 fully saturated rings. The molecule has 0 spiro atoms. The number of alkyl carbamates (subject to hydrolysis) is 1. The molecule has 38 heavy (non-hydrogen) atoms. The van der Waals surface area contributed by atoms with Crippen LogP contribution in [0.3, 0.4) is 0 Å². The number of nitrogens with zero attached hydrogens (tertiary/aromatic N) is 1. The predicted molar refractivity (Wildman–Crippen MR) is 159 cm³/mol. The molecule has 1 rings (SSSR count). The lowest BCUT2D eigenvalue weighted by atomic mass is 9.99. The Morgan fingerprint density at radius 1 is 1.11 bits per heavy atom. The van der Waals surface area contributed by atoms with Gasteiger partial charge in [-0.2, -0.15) is 11.8 Å². The standard InChI is InChI=1S/C30H49N3O4S/c1-8-11-13-19-31-27(34)26(24-17-15-16-23(10-3)22-24)33(20-14-12-9-2)28(35)25(18-21-38-7)32-29(36)37-30(4,5)6/h10,15-17,22,25-26H,3,8-9,11-14,18-21H2,1-2,4-7H3,(H,31,34)(H,32,36). The Kier molecular flexibility index (Phi) is 15.8. The predicted octanol–water partition coefficient (Wildman–Crippen LogP) is 6.34. The summed E-state index contributed by atoms with van der Waals surface area (Å²) in [5, 5.41) is 5.85. The van der Waals surface area contributed by atoms with Gasteiger partial charge in [-0.25, -0.2) is 4.79 Å². The second-order valence-corrected chi connectivity index (χ2v) is 11.5. The summed E-state index contributed by atoms with van der Waals surface area (Å²) in [5.74, 6) is 0.182. The summed E-state index contributed by atoms with van der Waals surface area (Å²) in [6, 6.07) is 5.95. The molecular weight excluding hydrogens is 498 g/mol. The van der Waals surface area contributed by atoms with Gasteiger partial charge < -0.3 is 20.3 Å². The third kappa shape index (κ3) is 12.4. The first-order valence-corrected chi connectivity index (χ1v) is 15.3. The van der Waals surface area contributed by atoms with E-state index < -0.39 is 23.8 Å². The zero-order chi connectivity index (χ0) is 28.6. The Labute approximate surface area is 234 Å². The molecule has 0 aliphatic carbocycles. The van der Waals surface area contributed by atoms with Crippen molar-refractivity contribution in [3.63, 3.8) is 0 Å². The number of hydrogen-bond donors (Lipinski definition) is 2. The van der Waals surface area contributed by atoms with Crippen LogP contribution in [-0.4, -0.2) is 59.5 Å². The number of rotatable bonds is 17. The molecule has 2 atom stereocenters.